The molecule has 1 amide bonds. The largest absolute Gasteiger partial charge is 0.486 e. The fourth-order valence-corrected chi connectivity index (χ4v) is 4.89. The van der Waals surface area contributed by atoms with E-state index in [0.29, 0.717) is 37.3 Å². The summed E-state index contributed by atoms with van der Waals surface area (Å²) in [7, 11) is -4.05. The molecule has 1 fully saturated rings. The average Bonchev–Trinajstić information content (AvgIpc) is 3.25. The van der Waals surface area contributed by atoms with Crippen molar-refractivity contribution < 1.29 is 31.5 Å². The maximum atomic E-state index is 13.3. The van der Waals surface area contributed by atoms with E-state index in [0.717, 1.165) is 30.5 Å². The van der Waals surface area contributed by atoms with Gasteiger partial charge in [0.15, 0.2) is 23.1 Å². The number of benzene rings is 2. The van der Waals surface area contributed by atoms with Crippen molar-refractivity contribution in [3.05, 3.63) is 53.6 Å². The van der Waals surface area contributed by atoms with Crippen molar-refractivity contribution in [3.8, 4) is 11.5 Å². The Hall–Kier alpha value is -2.72. The number of nitrogens with zero attached hydrogens (tertiary/aromatic N) is 1. The smallest absolute Gasteiger partial charge is 0.240 e. The first kappa shape index (κ1) is 21.5. The number of amides is 1. The normalized spacial score (nSPS) is 18.3. The van der Waals surface area contributed by atoms with E-state index < -0.39 is 26.6 Å². The molecule has 2 aromatic carbocycles. The van der Waals surface area contributed by atoms with E-state index in [1.54, 1.807) is 4.90 Å². The van der Waals surface area contributed by atoms with Gasteiger partial charge in [0.2, 0.25) is 15.9 Å². The molecule has 0 radical (unpaired) electrons. The molecule has 1 atom stereocenters. The number of nitrogens with one attached hydrogen (secondary N) is 1. The molecule has 1 N–H and O–H groups in total. The van der Waals surface area contributed by atoms with Crippen molar-refractivity contribution >= 4 is 15.9 Å². The van der Waals surface area contributed by atoms with Crippen LogP contribution in [0, 0.1) is 11.6 Å². The number of fused-ring (bicyclic) bond motifs is 1. The van der Waals surface area contributed by atoms with Gasteiger partial charge in [-0.25, -0.2) is 21.9 Å². The molecule has 2 aliphatic rings. The van der Waals surface area contributed by atoms with Gasteiger partial charge in [0, 0.05) is 19.5 Å². The fourth-order valence-electron chi connectivity index (χ4n) is 3.84. The van der Waals surface area contributed by atoms with Gasteiger partial charge < -0.3 is 14.4 Å². The highest BCUT2D eigenvalue weighted by Gasteiger charge is 2.31. The lowest BCUT2D eigenvalue weighted by atomic mass is 10.0. The summed E-state index contributed by atoms with van der Waals surface area (Å²) in [6, 6.07) is 7.84. The van der Waals surface area contributed by atoms with E-state index in [1.807, 2.05) is 18.2 Å². The fraction of sp³-hybridized carbons (Fsp3) is 0.381. The van der Waals surface area contributed by atoms with Gasteiger partial charge in [0.1, 0.15) is 13.2 Å². The number of hydrogen-bond acceptors (Lipinski definition) is 5. The molecule has 166 valence electrons. The first-order chi connectivity index (χ1) is 14.8. The predicted molar refractivity (Wildman–Crippen MR) is 107 cm³/mol. The molecule has 0 aliphatic carbocycles. The topological polar surface area (TPSA) is 84.9 Å². The second kappa shape index (κ2) is 8.80. The SMILES string of the molecule is O=C(CCNS(=O)(=O)c1ccc(F)c(F)c1)N1CCCC1c1ccc2c(c1)OCCO2. The molecule has 0 saturated carbocycles. The monoisotopic (exact) mass is 452 g/mol. The van der Waals surface area contributed by atoms with Crippen molar-refractivity contribution in [1.82, 2.24) is 9.62 Å². The van der Waals surface area contributed by atoms with Crippen molar-refractivity contribution in [2.24, 2.45) is 0 Å². The number of ether oxygens (including phenoxy) is 2. The Labute approximate surface area is 179 Å². The summed E-state index contributed by atoms with van der Waals surface area (Å²) in [5, 5.41) is 0. The van der Waals surface area contributed by atoms with Crippen LogP contribution in [0.2, 0.25) is 0 Å². The highest BCUT2D eigenvalue weighted by molar-refractivity contribution is 7.89. The minimum Gasteiger partial charge on any atom is -0.486 e. The summed E-state index contributed by atoms with van der Waals surface area (Å²) >= 11 is 0. The summed E-state index contributed by atoms with van der Waals surface area (Å²) in [5.74, 6) is -1.24. The highest BCUT2D eigenvalue weighted by atomic mass is 32.2. The van der Waals surface area contributed by atoms with Crippen LogP contribution in [0.15, 0.2) is 41.3 Å². The third kappa shape index (κ3) is 4.64. The molecule has 1 saturated heterocycles. The Morgan fingerprint density at radius 1 is 1.06 bits per heavy atom. The van der Waals surface area contributed by atoms with Crippen LogP contribution in [-0.2, 0) is 14.8 Å². The number of carbonyl (C=O) groups is 1. The van der Waals surface area contributed by atoms with Crippen molar-refractivity contribution in [2.45, 2.75) is 30.2 Å². The zero-order chi connectivity index (χ0) is 22.0. The lowest BCUT2D eigenvalue weighted by molar-refractivity contribution is -0.131. The molecule has 2 heterocycles. The second-order valence-electron chi connectivity index (χ2n) is 7.37. The molecule has 7 nitrogen and oxygen atoms in total. The van der Waals surface area contributed by atoms with Crippen LogP contribution >= 0.6 is 0 Å². The molecule has 2 aliphatic heterocycles. The molecular formula is C21H22F2N2O5S. The van der Waals surface area contributed by atoms with Crippen LogP contribution in [0.3, 0.4) is 0 Å². The highest BCUT2D eigenvalue weighted by Crippen LogP contribution is 2.38. The van der Waals surface area contributed by atoms with Gasteiger partial charge in [-0.1, -0.05) is 6.07 Å². The standard InChI is InChI=1S/C21H22F2N2O5S/c22-16-5-4-15(13-17(16)23)31(27,28)24-8-7-21(26)25-9-1-2-18(25)14-3-6-19-20(12-14)30-11-10-29-19/h3-6,12-13,18,24H,1-2,7-11H2. The van der Waals surface area contributed by atoms with Crippen LogP contribution in [-0.4, -0.2) is 45.5 Å². The van der Waals surface area contributed by atoms with E-state index in [9.17, 15) is 22.0 Å². The number of likely N-dealkylation sites (tertiary alicyclic amines) is 1. The van der Waals surface area contributed by atoms with Gasteiger partial charge in [0.25, 0.3) is 0 Å². The zero-order valence-corrected chi connectivity index (χ0v) is 17.5. The average molecular weight is 452 g/mol. The third-order valence-corrected chi connectivity index (χ3v) is 6.82. The number of halogens is 2. The van der Waals surface area contributed by atoms with Gasteiger partial charge in [-0.05, 0) is 48.7 Å². The summed E-state index contributed by atoms with van der Waals surface area (Å²) in [6.45, 7) is 1.40. The van der Waals surface area contributed by atoms with Crippen molar-refractivity contribution in [3.63, 3.8) is 0 Å². The molecule has 1 unspecified atom stereocenters. The van der Waals surface area contributed by atoms with Gasteiger partial charge in [-0.3, -0.25) is 4.79 Å². The summed E-state index contributed by atoms with van der Waals surface area (Å²) in [6.07, 6.45) is 1.58. The van der Waals surface area contributed by atoms with Crippen LogP contribution in [0.25, 0.3) is 0 Å². The van der Waals surface area contributed by atoms with Crippen LogP contribution in [0.1, 0.15) is 30.9 Å². The van der Waals surface area contributed by atoms with E-state index in [-0.39, 0.29) is 24.9 Å². The maximum Gasteiger partial charge on any atom is 0.240 e. The number of carbonyl (C=O) groups excluding carboxylic acids is 1. The molecule has 10 heteroatoms. The quantitative estimate of drug-likeness (QED) is 0.729. The minimum absolute atomic E-state index is 0.0516. The molecule has 2 aromatic rings. The van der Waals surface area contributed by atoms with E-state index in [1.165, 1.54) is 0 Å². The van der Waals surface area contributed by atoms with Crippen molar-refractivity contribution in [2.75, 3.05) is 26.3 Å². The Bertz CT molecular complexity index is 1090. The minimum atomic E-state index is -4.05. The molecule has 0 bridgehead atoms. The number of sulfonamides is 1. The van der Waals surface area contributed by atoms with Crippen molar-refractivity contribution in [1.29, 1.82) is 0 Å². The number of hydrogen-bond donors (Lipinski definition) is 1. The summed E-state index contributed by atoms with van der Waals surface area (Å²) in [5.41, 5.74) is 0.942. The number of rotatable bonds is 6. The van der Waals surface area contributed by atoms with Gasteiger partial charge in [-0.2, -0.15) is 0 Å². The van der Waals surface area contributed by atoms with Gasteiger partial charge in [0.05, 0.1) is 10.9 Å². The van der Waals surface area contributed by atoms with Gasteiger partial charge >= 0.3 is 0 Å². The Kier molecular flexibility index (Phi) is 6.10. The second-order valence-corrected chi connectivity index (χ2v) is 9.14. The molecular weight excluding hydrogens is 430 g/mol. The van der Waals surface area contributed by atoms with E-state index in [2.05, 4.69) is 4.72 Å². The van der Waals surface area contributed by atoms with Crippen LogP contribution in [0.4, 0.5) is 8.78 Å². The Morgan fingerprint density at radius 3 is 2.61 bits per heavy atom. The lowest BCUT2D eigenvalue weighted by Gasteiger charge is -2.27. The Morgan fingerprint density at radius 2 is 1.84 bits per heavy atom. The van der Waals surface area contributed by atoms with Crippen LogP contribution in [0.5, 0.6) is 11.5 Å². The molecule has 0 aromatic heterocycles. The molecule has 0 spiro atoms. The summed E-state index contributed by atoms with van der Waals surface area (Å²) < 4.78 is 64.3. The molecule has 31 heavy (non-hydrogen) atoms. The predicted octanol–water partition coefficient (Wildman–Crippen LogP) is 2.77. The Balaban J connectivity index is 1.38. The van der Waals surface area contributed by atoms with E-state index in [4.69, 9.17) is 9.47 Å². The van der Waals surface area contributed by atoms with E-state index >= 15 is 0 Å². The molecule has 4 rings (SSSR count). The third-order valence-electron chi connectivity index (χ3n) is 5.36. The first-order valence-electron chi connectivity index (χ1n) is 9.99. The first-order valence-corrected chi connectivity index (χ1v) is 11.5. The summed E-state index contributed by atoms with van der Waals surface area (Å²) in [4.78, 5) is 14.1. The van der Waals surface area contributed by atoms with Gasteiger partial charge in [-0.15, -0.1) is 0 Å². The maximum absolute atomic E-state index is 13.3. The van der Waals surface area contributed by atoms with Crippen LogP contribution < -0.4 is 14.2 Å². The zero-order valence-electron chi connectivity index (χ0n) is 16.6. The lowest BCUT2D eigenvalue weighted by Crippen LogP contribution is -2.34.